The molecule has 1 saturated carbocycles. The molecule has 1 aliphatic heterocycles. The Morgan fingerprint density at radius 1 is 1.15 bits per heavy atom. The van der Waals surface area contributed by atoms with Crippen LogP contribution in [0.1, 0.15) is 51.1 Å². The molecule has 2 heteroatoms. The van der Waals surface area contributed by atoms with Gasteiger partial charge >= 0.3 is 0 Å². The standard InChI is InChI=1S/C18H28N2/c1-18(2)11-7-6-10-17(18)20-13-12-19-14-16(20)15-8-4-3-5-9-15/h3-5,8-9,16-17,19H,6-7,10-14H2,1-2H3. The van der Waals surface area contributed by atoms with Gasteiger partial charge in [0, 0.05) is 31.7 Å². The SMILES string of the molecule is CC1(C)CCCCC1N1CCNCC1c1ccccc1. The van der Waals surface area contributed by atoms with Gasteiger partial charge in [-0.15, -0.1) is 0 Å². The van der Waals surface area contributed by atoms with Crippen LogP contribution in [-0.4, -0.2) is 30.6 Å². The first-order valence-electron chi connectivity index (χ1n) is 8.20. The predicted octanol–water partition coefficient (Wildman–Crippen LogP) is 3.60. The summed E-state index contributed by atoms with van der Waals surface area (Å²) in [5.41, 5.74) is 1.93. The topological polar surface area (TPSA) is 15.3 Å². The van der Waals surface area contributed by atoms with E-state index in [1.54, 1.807) is 0 Å². The molecule has 1 N–H and O–H groups in total. The van der Waals surface area contributed by atoms with E-state index in [0.29, 0.717) is 11.5 Å². The van der Waals surface area contributed by atoms with Crippen molar-refractivity contribution in [3.63, 3.8) is 0 Å². The zero-order valence-electron chi connectivity index (χ0n) is 12.9. The summed E-state index contributed by atoms with van der Waals surface area (Å²) in [4.78, 5) is 2.80. The van der Waals surface area contributed by atoms with E-state index in [1.165, 1.54) is 37.8 Å². The lowest BCUT2D eigenvalue weighted by molar-refractivity contribution is 0.00567. The largest absolute Gasteiger partial charge is 0.314 e. The second-order valence-electron chi connectivity index (χ2n) is 7.12. The molecule has 0 aromatic heterocycles. The summed E-state index contributed by atoms with van der Waals surface area (Å²) in [5.74, 6) is 0. The van der Waals surface area contributed by atoms with Crippen LogP contribution in [0, 0.1) is 5.41 Å². The summed E-state index contributed by atoms with van der Waals surface area (Å²) in [5, 5.41) is 3.59. The van der Waals surface area contributed by atoms with Gasteiger partial charge in [0.2, 0.25) is 0 Å². The van der Waals surface area contributed by atoms with E-state index < -0.39 is 0 Å². The molecular weight excluding hydrogens is 244 g/mol. The molecule has 2 atom stereocenters. The van der Waals surface area contributed by atoms with E-state index in [9.17, 15) is 0 Å². The van der Waals surface area contributed by atoms with E-state index in [1.807, 2.05) is 0 Å². The smallest absolute Gasteiger partial charge is 0.0476 e. The first-order chi connectivity index (χ1) is 9.68. The third-order valence-corrected chi connectivity index (χ3v) is 5.32. The van der Waals surface area contributed by atoms with Gasteiger partial charge < -0.3 is 5.32 Å². The highest BCUT2D eigenvalue weighted by molar-refractivity contribution is 5.20. The minimum absolute atomic E-state index is 0.461. The fourth-order valence-electron chi connectivity index (χ4n) is 4.17. The van der Waals surface area contributed by atoms with E-state index in [2.05, 4.69) is 54.4 Å². The third kappa shape index (κ3) is 2.77. The maximum absolute atomic E-state index is 3.59. The van der Waals surface area contributed by atoms with Crippen molar-refractivity contribution in [2.45, 2.75) is 51.6 Å². The van der Waals surface area contributed by atoms with Crippen molar-refractivity contribution in [2.24, 2.45) is 5.41 Å². The zero-order valence-corrected chi connectivity index (χ0v) is 12.9. The van der Waals surface area contributed by atoms with Gasteiger partial charge in [-0.1, -0.05) is 57.0 Å². The second-order valence-corrected chi connectivity index (χ2v) is 7.12. The first kappa shape index (κ1) is 14.1. The van der Waals surface area contributed by atoms with Crippen LogP contribution in [0.5, 0.6) is 0 Å². The first-order valence-corrected chi connectivity index (χ1v) is 8.20. The highest BCUT2D eigenvalue weighted by Crippen LogP contribution is 2.41. The summed E-state index contributed by atoms with van der Waals surface area (Å²) < 4.78 is 0. The number of nitrogens with zero attached hydrogens (tertiary/aromatic N) is 1. The molecule has 3 rings (SSSR count). The monoisotopic (exact) mass is 272 g/mol. The van der Waals surface area contributed by atoms with Crippen LogP contribution in [0.3, 0.4) is 0 Å². The fraction of sp³-hybridized carbons (Fsp3) is 0.667. The Hall–Kier alpha value is -0.860. The third-order valence-electron chi connectivity index (χ3n) is 5.32. The Morgan fingerprint density at radius 3 is 2.70 bits per heavy atom. The molecule has 110 valence electrons. The maximum Gasteiger partial charge on any atom is 0.0476 e. The molecule has 0 spiro atoms. The fourth-order valence-corrected chi connectivity index (χ4v) is 4.17. The van der Waals surface area contributed by atoms with Crippen LogP contribution in [0.4, 0.5) is 0 Å². The van der Waals surface area contributed by atoms with Crippen LogP contribution in [0.25, 0.3) is 0 Å². The summed E-state index contributed by atoms with van der Waals surface area (Å²) >= 11 is 0. The van der Waals surface area contributed by atoms with Gasteiger partial charge in [0.05, 0.1) is 0 Å². The van der Waals surface area contributed by atoms with E-state index in [0.717, 1.165) is 19.1 Å². The normalized spacial score (nSPS) is 31.1. The number of benzene rings is 1. The van der Waals surface area contributed by atoms with Gasteiger partial charge in [-0.2, -0.15) is 0 Å². The molecule has 1 aliphatic carbocycles. The molecule has 1 saturated heterocycles. The minimum Gasteiger partial charge on any atom is -0.314 e. The van der Waals surface area contributed by atoms with E-state index >= 15 is 0 Å². The second kappa shape index (κ2) is 5.87. The molecule has 2 aliphatic rings. The molecule has 2 fully saturated rings. The molecule has 20 heavy (non-hydrogen) atoms. The van der Waals surface area contributed by atoms with Gasteiger partial charge in [0.1, 0.15) is 0 Å². The summed E-state index contributed by atoms with van der Waals surface area (Å²) in [6.07, 6.45) is 5.56. The zero-order chi connectivity index (χ0) is 14.0. The van der Waals surface area contributed by atoms with Gasteiger partial charge in [-0.05, 0) is 23.8 Å². The number of hydrogen-bond acceptors (Lipinski definition) is 2. The Balaban J connectivity index is 1.85. The van der Waals surface area contributed by atoms with Crippen molar-refractivity contribution in [3.8, 4) is 0 Å². The quantitative estimate of drug-likeness (QED) is 0.885. The summed E-state index contributed by atoms with van der Waals surface area (Å²) in [6, 6.07) is 12.3. The molecule has 1 heterocycles. The summed E-state index contributed by atoms with van der Waals surface area (Å²) in [7, 11) is 0. The van der Waals surface area contributed by atoms with Crippen LogP contribution in [0.15, 0.2) is 30.3 Å². The van der Waals surface area contributed by atoms with Crippen LogP contribution < -0.4 is 5.32 Å². The van der Waals surface area contributed by atoms with Crippen molar-refractivity contribution in [3.05, 3.63) is 35.9 Å². The predicted molar refractivity (Wildman–Crippen MR) is 84.8 cm³/mol. The molecule has 1 aromatic rings. The van der Waals surface area contributed by atoms with Crippen molar-refractivity contribution in [1.29, 1.82) is 0 Å². The van der Waals surface area contributed by atoms with Gasteiger partial charge in [-0.3, -0.25) is 4.90 Å². The average Bonchev–Trinajstić information content (AvgIpc) is 2.48. The molecule has 0 radical (unpaired) electrons. The molecule has 1 aromatic carbocycles. The summed E-state index contributed by atoms with van der Waals surface area (Å²) in [6.45, 7) is 8.36. The van der Waals surface area contributed by atoms with Gasteiger partial charge in [0.15, 0.2) is 0 Å². The van der Waals surface area contributed by atoms with Crippen LogP contribution in [0.2, 0.25) is 0 Å². The molecule has 0 amide bonds. The van der Waals surface area contributed by atoms with Gasteiger partial charge in [-0.25, -0.2) is 0 Å². The minimum atomic E-state index is 0.461. The average molecular weight is 272 g/mol. The maximum atomic E-state index is 3.59. The van der Waals surface area contributed by atoms with Crippen LogP contribution >= 0.6 is 0 Å². The number of piperazine rings is 1. The van der Waals surface area contributed by atoms with Crippen molar-refractivity contribution < 1.29 is 0 Å². The molecular formula is C18H28N2. The lowest BCUT2D eigenvalue weighted by atomic mass is 9.72. The van der Waals surface area contributed by atoms with Crippen molar-refractivity contribution >= 4 is 0 Å². The van der Waals surface area contributed by atoms with Crippen molar-refractivity contribution in [1.82, 2.24) is 10.2 Å². The highest BCUT2D eigenvalue weighted by atomic mass is 15.2. The lowest BCUT2D eigenvalue weighted by Gasteiger charge is -2.50. The van der Waals surface area contributed by atoms with E-state index in [4.69, 9.17) is 0 Å². The number of rotatable bonds is 2. The molecule has 0 bridgehead atoms. The Labute approximate surface area is 123 Å². The van der Waals surface area contributed by atoms with E-state index in [-0.39, 0.29) is 0 Å². The Kier molecular flexibility index (Phi) is 4.13. The van der Waals surface area contributed by atoms with Crippen molar-refractivity contribution in [2.75, 3.05) is 19.6 Å². The molecule has 2 unspecified atom stereocenters. The van der Waals surface area contributed by atoms with Gasteiger partial charge in [0.25, 0.3) is 0 Å². The Bertz CT molecular complexity index is 426. The number of hydrogen-bond donors (Lipinski definition) is 1. The highest BCUT2D eigenvalue weighted by Gasteiger charge is 2.40. The lowest BCUT2D eigenvalue weighted by Crippen LogP contribution is -2.55. The number of nitrogens with one attached hydrogen (secondary N) is 1. The van der Waals surface area contributed by atoms with Crippen LogP contribution in [-0.2, 0) is 0 Å². The Morgan fingerprint density at radius 2 is 1.95 bits per heavy atom. The molecule has 2 nitrogen and oxygen atoms in total.